The van der Waals surface area contributed by atoms with Gasteiger partial charge in [-0.2, -0.15) is 18.2 Å². The highest BCUT2D eigenvalue weighted by Gasteiger charge is 2.55. The number of carbonyl (C=O) groups excluding carboxylic acids is 2. The first-order valence-corrected chi connectivity index (χ1v) is 11.5. The summed E-state index contributed by atoms with van der Waals surface area (Å²) in [4.78, 5) is 28.2. The molecular formula is C24H19ClF4N4O3. The third-order valence-corrected chi connectivity index (χ3v) is 6.66. The van der Waals surface area contributed by atoms with Crippen molar-refractivity contribution in [3.63, 3.8) is 0 Å². The van der Waals surface area contributed by atoms with E-state index in [-0.39, 0.29) is 35.1 Å². The summed E-state index contributed by atoms with van der Waals surface area (Å²) in [7, 11) is 0. The van der Waals surface area contributed by atoms with E-state index in [4.69, 9.17) is 16.1 Å². The summed E-state index contributed by atoms with van der Waals surface area (Å²) in [6.07, 6.45) is -3.69. The van der Waals surface area contributed by atoms with Gasteiger partial charge in [0.15, 0.2) is 0 Å². The highest BCUT2D eigenvalue weighted by atomic mass is 35.5. The molecule has 1 heterocycles. The lowest BCUT2D eigenvalue weighted by Gasteiger charge is -2.21. The van der Waals surface area contributed by atoms with Crippen molar-refractivity contribution < 1.29 is 31.7 Å². The van der Waals surface area contributed by atoms with Gasteiger partial charge in [0.1, 0.15) is 11.4 Å². The highest BCUT2D eigenvalue weighted by Crippen LogP contribution is 2.41. The van der Waals surface area contributed by atoms with Gasteiger partial charge in [-0.15, -0.1) is 0 Å². The van der Waals surface area contributed by atoms with Gasteiger partial charge in [0.25, 0.3) is 0 Å². The van der Waals surface area contributed by atoms with Crippen LogP contribution in [0.3, 0.4) is 0 Å². The normalized spacial score (nSPS) is 18.0. The molecule has 188 valence electrons. The van der Waals surface area contributed by atoms with Gasteiger partial charge >= 0.3 is 12.1 Å². The first kappa shape index (κ1) is 24.2. The number of rotatable bonds is 5. The second-order valence-electron chi connectivity index (χ2n) is 8.96. The Kier molecular flexibility index (Phi) is 5.77. The number of nitrogens with zero attached hydrogens (tertiary/aromatic N) is 2. The zero-order chi connectivity index (χ0) is 25.8. The molecule has 5 rings (SSSR count). The number of fused-ring (bicyclic) bond motifs is 1. The van der Waals surface area contributed by atoms with Crippen molar-refractivity contribution in [2.45, 2.75) is 50.4 Å². The molecule has 0 saturated heterocycles. The first-order valence-electron chi connectivity index (χ1n) is 11.1. The van der Waals surface area contributed by atoms with E-state index in [1.165, 1.54) is 0 Å². The fourth-order valence-corrected chi connectivity index (χ4v) is 4.69. The van der Waals surface area contributed by atoms with E-state index in [9.17, 15) is 27.2 Å². The minimum Gasteiger partial charge on any atom is -0.347 e. The van der Waals surface area contributed by atoms with Crippen LogP contribution in [0.25, 0.3) is 22.5 Å². The highest BCUT2D eigenvalue weighted by molar-refractivity contribution is 6.31. The van der Waals surface area contributed by atoms with Crippen LogP contribution in [0.15, 0.2) is 34.9 Å². The lowest BCUT2D eigenvalue weighted by atomic mass is 9.95. The fourth-order valence-electron chi connectivity index (χ4n) is 4.48. The van der Waals surface area contributed by atoms with Crippen molar-refractivity contribution in [1.29, 1.82) is 0 Å². The Balaban J connectivity index is 1.40. The molecule has 3 aromatic rings. The van der Waals surface area contributed by atoms with Crippen molar-refractivity contribution in [2.75, 3.05) is 0 Å². The Morgan fingerprint density at radius 1 is 1.19 bits per heavy atom. The summed E-state index contributed by atoms with van der Waals surface area (Å²) in [6.45, 7) is 1.59. The molecule has 1 saturated carbocycles. The van der Waals surface area contributed by atoms with Gasteiger partial charge in [0, 0.05) is 11.9 Å². The van der Waals surface area contributed by atoms with Crippen LogP contribution in [0.4, 0.5) is 17.6 Å². The molecule has 1 fully saturated rings. The Labute approximate surface area is 207 Å². The molecule has 0 radical (unpaired) electrons. The van der Waals surface area contributed by atoms with Crippen LogP contribution in [0.1, 0.15) is 42.3 Å². The number of carbonyl (C=O) groups is 2. The minimum atomic E-state index is -5.06. The maximum absolute atomic E-state index is 14.9. The predicted octanol–water partition coefficient (Wildman–Crippen LogP) is 4.82. The Morgan fingerprint density at radius 3 is 2.58 bits per heavy atom. The van der Waals surface area contributed by atoms with E-state index in [0.717, 1.165) is 17.2 Å². The summed E-state index contributed by atoms with van der Waals surface area (Å²) in [5, 5.41) is 8.62. The number of benzene rings is 2. The van der Waals surface area contributed by atoms with E-state index < -0.39 is 35.4 Å². The zero-order valence-electron chi connectivity index (χ0n) is 18.8. The van der Waals surface area contributed by atoms with Crippen molar-refractivity contribution in [3.8, 4) is 22.5 Å². The van der Waals surface area contributed by atoms with Crippen LogP contribution in [-0.4, -0.2) is 33.7 Å². The Hall–Kier alpha value is -3.47. The van der Waals surface area contributed by atoms with Gasteiger partial charge in [-0.25, -0.2) is 4.39 Å². The number of aryl methyl sites for hydroxylation is 2. The quantitative estimate of drug-likeness (QED) is 0.468. The molecule has 2 amide bonds. The van der Waals surface area contributed by atoms with E-state index in [1.807, 2.05) is 11.4 Å². The number of nitrogens with one attached hydrogen (secondary N) is 2. The number of halogens is 5. The molecule has 36 heavy (non-hydrogen) atoms. The van der Waals surface area contributed by atoms with Crippen LogP contribution in [0, 0.1) is 12.7 Å². The van der Waals surface area contributed by atoms with Crippen molar-refractivity contribution in [3.05, 3.63) is 58.2 Å². The number of hydrogen-bond acceptors (Lipinski definition) is 5. The molecule has 2 aliphatic rings. The predicted molar refractivity (Wildman–Crippen MR) is 120 cm³/mol. The van der Waals surface area contributed by atoms with Gasteiger partial charge in [-0.3, -0.25) is 9.59 Å². The maximum Gasteiger partial charge on any atom is 0.471 e. The summed E-state index contributed by atoms with van der Waals surface area (Å²) in [6, 6.07) is 7.70. The van der Waals surface area contributed by atoms with Crippen LogP contribution in [0.2, 0.25) is 5.02 Å². The van der Waals surface area contributed by atoms with Crippen LogP contribution >= 0.6 is 11.6 Å². The number of aromatic nitrogens is 2. The Morgan fingerprint density at radius 2 is 1.94 bits per heavy atom. The monoisotopic (exact) mass is 522 g/mol. The Bertz CT molecular complexity index is 1380. The molecule has 0 spiro atoms. The molecule has 2 N–H and O–H groups in total. The molecule has 1 aromatic heterocycles. The summed E-state index contributed by atoms with van der Waals surface area (Å²) >= 11 is 6.12. The van der Waals surface area contributed by atoms with E-state index in [1.54, 1.807) is 25.1 Å². The average Bonchev–Trinajstić information content (AvgIpc) is 3.29. The van der Waals surface area contributed by atoms with Crippen molar-refractivity contribution in [1.82, 2.24) is 20.8 Å². The van der Waals surface area contributed by atoms with E-state index >= 15 is 0 Å². The van der Waals surface area contributed by atoms with Crippen LogP contribution in [-0.2, 0) is 16.0 Å². The molecule has 12 heteroatoms. The van der Waals surface area contributed by atoms with Crippen LogP contribution < -0.4 is 10.6 Å². The van der Waals surface area contributed by atoms with Gasteiger partial charge in [-0.1, -0.05) is 35.0 Å². The molecular weight excluding hydrogens is 504 g/mol. The van der Waals surface area contributed by atoms with Crippen molar-refractivity contribution in [2.24, 2.45) is 0 Å². The second kappa shape index (κ2) is 8.58. The van der Waals surface area contributed by atoms with Gasteiger partial charge in [0.2, 0.25) is 17.6 Å². The zero-order valence-corrected chi connectivity index (χ0v) is 19.6. The lowest BCUT2D eigenvalue weighted by Crippen LogP contribution is -2.53. The fraction of sp³-hybridized carbons (Fsp3) is 0.333. The average molecular weight is 523 g/mol. The van der Waals surface area contributed by atoms with Gasteiger partial charge in [-0.05, 0) is 60.1 Å². The number of hydrogen-bond donors (Lipinski definition) is 2. The SMILES string of the molecule is Cc1nc(-c2c(F)cc(Cl)cc2-c2ccc3c(c2)CCC3NC(=O)C2(NC(=O)C(F)(F)F)CC2)no1. The van der Waals surface area contributed by atoms with Gasteiger partial charge in [0.05, 0.1) is 11.6 Å². The van der Waals surface area contributed by atoms with E-state index in [2.05, 4.69) is 15.5 Å². The number of amides is 2. The molecule has 0 bridgehead atoms. The lowest BCUT2D eigenvalue weighted by molar-refractivity contribution is -0.175. The molecule has 7 nitrogen and oxygen atoms in total. The van der Waals surface area contributed by atoms with Crippen LogP contribution in [0.5, 0.6) is 0 Å². The largest absolute Gasteiger partial charge is 0.471 e. The van der Waals surface area contributed by atoms with Crippen molar-refractivity contribution >= 4 is 23.4 Å². The van der Waals surface area contributed by atoms with Gasteiger partial charge < -0.3 is 15.2 Å². The standard InChI is InChI=1S/C24H19ClF4N4O3/c1-11-30-20(33-36-11)19-16(9-14(25)10-17(19)26)13-2-4-15-12(8-13)3-5-18(15)31-21(34)23(6-7-23)32-22(35)24(27,28)29/h2,4,8-10,18H,3,5-7H2,1H3,(H,31,34)(H,32,35). The number of alkyl halides is 3. The third-order valence-electron chi connectivity index (χ3n) is 6.44. The molecule has 1 unspecified atom stereocenters. The maximum atomic E-state index is 14.9. The molecule has 2 aliphatic carbocycles. The topological polar surface area (TPSA) is 97.1 Å². The minimum absolute atomic E-state index is 0.0814. The summed E-state index contributed by atoms with van der Waals surface area (Å²) in [5.41, 5.74) is 1.39. The third kappa shape index (κ3) is 4.43. The second-order valence-corrected chi connectivity index (χ2v) is 9.40. The van der Waals surface area contributed by atoms with E-state index in [0.29, 0.717) is 24.0 Å². The molecule has 1 atom stereocenters. The summed E-state index contributed by atoms with van der Waals surface area (Å²) < 4.78 is 57.9. The molecule has 0 aliphatic heterocycles. The molecule has 2 aromatic carbocycles. The first-order chi connectivity index (χ1) is 17.0. The summed E-state index contributed by atoms with van der Waals surface area (Å²) in [5.74, 6) is -3.03. The smallest absolute Gasteiger partial charge is 0.347 e.